The molecule has 0 aliphatic heterocycles. The average molecular weight is 204 g/mol. The van der Waals surface area contributed by atoms with E-state index in [-0.39, 0.29) is 6.04 Å². The van der Waals surface area contributed by atoms with Gasteiger partial charge in [-0.25, -0.2) is 0 Å². The molecule has 2 aromatic rings. The highest BCUT2D eigenvalue weighted by molar-refractivity contribution is 7.07. The van der Waals surface area contributed by atoms with Crippen molar-refractivity contribution in [2.24, 2.45) is 5.73 Å². The summed E-state index contributed by atoms with van der Waals surface area (Å²) in [6, 6.07) is 6.02. The van der Waals surface area contributed by atoms with E-state index >= 15 is 0 Å². The van der Waals surface area contributed by atoms with Crippen LogP contribution in [0.4, 0.5) is 0 Å². The van der Waals surface area contributed by atoms with Crippen LogP contribution in [0.15, 0.2) is 35.2 Å². The van der Waals surface area contributed by atoms with E-state index in [1.165, 1.54) is 0 Å². The van der Waals surface area contributed by atoms with Crippen LogP contribution < -0.4 is 5.73 Å². The predicted octanol–water partition coefficient (Wildman–Crippen LogP) is 2.50. The summed E-state index contributed by atoms with van der Waals surface area (Å²) in [6.45, 7) is 1.97. The standard InChI is InChI=1S/C11H12N2S/c1-8-2-3-9(6-13-8)11(12)10-4-5-14-7-10/h2-7,11H,12H2,1H3. The lowest BCUT2D eigenvalue weighted by molar-refractivity contribution is 0.865. The summed E-state index contributed by atoms with van der Waals surface area (Å²) in [5.74, 6) is 0. The number of nitrogens with two attached hydrogens (primary N) is 1. The third-order valence-corrected chi connectivity index (χ3v) is 2.90. The molecular formula is C11H12N2S. The lowest BCUT2D eigenvalue weighted by atomic mass is 10.0. The molecule has 0 fully saturated rings. The van der Waals surface area contributed by atoms with Gasteiger partial charge in [-0.3, -0.25) is 4.98 Å². The second-order valence-electron chi connectivity index (χ2n) is 3.27. The van der Waals surface area contributed by atoms with Gasteiger partial charge in [-0.1, -0.05) is 6.07 Å². The fourth-order valence-electron chi connectivity index (χ4n) is 1.31. The zero-order chi connectivity index (χ0) is 9.97. The Labute approximate surface area is 87.4 Å². The molecule has 0 radical (unpaired) electrons. The molecule has 0 saturated carbocycles. The highest BCUT2D eigenvalue weighted by atomic mass is 32.1. The van der Waals surface area contributed by atoms with Gasteiger partial charge in [0, 0.05) is 11.9 Å². The van der Waals surface area contributed by atoms with Gasteiger partial charge in [0.15, 0.2) is 0 Å². The van der Waals surface area contributed by atoms with Gasteiger partial charge >= 0.3 is 0 Å². The molecule has 0 bridgehead atoms. The third-order valence-electron chi connectivity index (χ3n) is 2.20. The largest absolute Gasteiger partial charge is 0.320 e. The summed E-state index contributed by atoms with van der Waals surface area (Å²) < 4.78 is 0. The van der Waals surface area contributed by atoms with Crippen molar-refractivity contribution in [3.63, 3.8) is 0 Å². The summed E-state index contributed by atoms with van der Waals surface area (Å²) in [6.07, 6.45) is 1.84. The number of aryl methyl sites for hydroxylation is 1. The number of thiophene rings is 1. The molecule has 14 heavy (non-hydrogen) atoms. The first kappa shape index (κ1) is 9.37. The van der Waals surface area contributed by atoms with Crippen LogP contribution in [0.2, 0.25) is 0 Å². The van der Waals surface area contributed by atoms with E-state index in [9.17, 15) is 0 Å². The maximum Gasteiger partial charge on any atom is 0.0575 e. The van der Waals surface area contributed by atoms with Crippen molar-refractivity contribution >= 4 is 11.3 Å². The molecule has 0 spiro atoms. The zero-order valence-corrected chi connectivity index (χ0v) is 8.79. The van der Waals surface area contributed by atoms with E-state index in [1.807, 2.05) is 30.6 Å². The first-order chi connectivity index (χ1) is 6.77. The molecule has 2 heterocycles. The number of aromatic nitrogens is 1. The molecule has 3 heteroatoms. The Morgan fingerprint density at radius 2 is 2.14 bits per heavy atom. The third kappa shape index (κ3) is 1.84. The highest BCUT2D eigenvalue weighted by Gasteiger charge is 2.08. The molecule has 2 nitrogen and oxygen atoms in total. The Morgan fingerprint density at radius 1 is 1.29 bits per heavy atom. The van der Waals surface area contributed by atoms with Crippen LogP contribution in [0.25, 0.3) is 0 Å². The maximum atomic E-state index is 6.08. The van der Waals surface area contributed by atoms with E-state index in [0.717, 1.165) is 16.8 Å². The summed E-state index contributed by atoms with van der Waals surface area (Å²) >= 11 is 1.67. The second-order valence-corrected chi connectivity index (χ2v) is 4.05. The Kier molecular flexibility index (Phi) is 2.61. The lowest BCUT2D eigenvalue weighted by Gasteiger charge is -2.09. The topological polar surface area (TPSA) is 38.9 Å². The van der Waals surface area contributed by atoms with Gasteiger partial charge in [-0.2, -0.15) is 11.3 Å². The molecule has 0 amide bonds. The number of rotatable bonds is 2. The maximum absolute atomic E-state index is 6.08. The van der Waals surface area contributed by atoms with E-state index in [2.05, 4.69) is 16.4 Å². The second kappa shape index (κ2) is 3.90. The van der Waals surface area contributed by atoms with Crippen molar-refractivity contribution in [1.82, 2.24) is 4.98 Å². The fraction of sp³-hybridized carbons (Fsp3) is 0.182. The van der Waals surface area contributed by atoms with Crippen LogP contribution in [0.5, 0.6) is 0 Å². The molecule has 0 saturated heterocycles. The van der Waals surface area contributed by atoms with Gasteiger partial charge in [0.1, 0.15) is 0 Å². The average Bonchev–Trinajstić information content (AvgIpc) is 2.71. The van der Waals surface area contributed by atoms with Gasteiger partial charge < -0.3 is 5.73 Å². The molecule has 1 unspecified atom stereocenters. The molecule has 0 aliphatic carbocycles. The zero-order valence-electron chi connectivity index (χ0n) is 7.97. The Hall–Kier alpha value is -1.19. The molecule has 1 atom stereocenters. The summed E-state index contributed by atoms with van der Waals surface area (Å²) in [5, 5.41) is 4.11. The Bertz CT molecular complexity index is 392. The Balaban J connectivity index is 2.28. The number of hydrogen-bond donors (Lipinski definition) is 1. The lowest BCUT2D eigenvalue weighted by Crippen LogP contribution is -2.11. The number of hydrogen-bond acceptors (Lipinski definition) is 3. The van der Waals surface area contributed by atoms with Crippen LogP contribution in [0, 0.1) is 6.92 Å². The molecule has 2 aromatic heterocycles. The van der Waals surface area contributed by atoms with Crippen molar-refractivity contribution in [3.05, 3.63) is 52.0 Å². The molecule has 72 valence electrons. The number of pyridine rings is 1. The van der Waals surface area contributed by atoms with Crippen LogP contribution in [0.3, 0.4) is 0 Å². The molecule has 2 N–H and O–H groups in total. The normalized spacial score (nSPS) is 12.7. The molecular weight excluding hydrogens is 192 g/mol. The van der Waals surface area contributed by atoms with Gasteiger partial charge in [-0.15, -0.1) is 0 Å². The first-order valence-corrected chi connectivity index (χ1v) is 5.42. The van der Waals surface area contributed by atoms with Crippen LogP contribution in [0.1, 0.15) is 22.9 Å². The highest BCUT2D eigenvalue weighted by Crippen LogP contribution is 2.20. The minimum Gasteiger partial charge on any atom is -0.320 e. The van der Waals surface area contributed by atoms with Gasteiger partial charge in [0.25, 0.3) is 0 Å². The van der Waals surface area contributed by atoms with E-state index in [4.69, 9.17) is 5.73 Å². The molecule has 0 aliphatic rings. The van der Waals surface area contributed by atoms with Gasteiger partial charge in [-0.05, 0) is 40.9 Å². The molecule has 0 aromatic carbocycles. The predicted molar refractivity (Wildman–Crippen MR) is 59.3 cm³/mol. The number of nitrogens with zero attached hydrogens (tertiary/aromatic N) is 1. The van der Waals surface area contributed by atoms with Gasteiger partial charge in [0.05, 0.1) is 6.04 Å². The first-order valence-electron chi connectivity index (χ1n) is 4.47. The van der Waals surface area contributed by atoms with Gasteiger partial charge in [0.2, 0.25) is 0 Å². The quantitative estimate of drug-likeness (QED) is 0.816. The van der Waals surface area contributed by atoms with E-state index in [0.29, 0.717) is 0 Å². The van der Waals surface area contributed by atoms with Crippen molar-refractivity contribution in [2.75, 3.05) is 0 Å². The van der Waals surface area contributed by atoms with E-state index in [1.54, 1.807) is 11.3 Å². The van der Waals surface area contributed by atoms with Crippen molar-refractivity contribution < 1.29 is 0 Å². The summed E-state index contributed by atoms with van der Waals surface area (Å²) in [7, 11) is 0. The molecule has 2 rings (SSSR count). The van der Waals surface area contributed by atoms with Crippen LogP contribution in [-0.4, -0.2) is 4.98 Å². The van der Waals surface area contributed by atoms with Crippen molar-refractivity contribution in [1.29, 1.82) is 0 Å². The SMILES string of the molecule is Cc1ccc(C(N)c2ccsc2)cn1. The summed E-state index contributed by atoms with van der Waals surface area (Å²) in [5.41, 5.74) is 9.31. The smallest absolute Gasteiger partial charge is 0.0575 e. The fourth-order valence-corrected chi connectivity index (χ4v) is 2.00. The van der Waals surface area contributed by atoms with Crippen molar-refractivity contribution in [2.45, 2.75) is 13.0 Å². The minimum absolute atomic E-state index is 0.0469. The summed E-state index contributed by atoms with van der Waals surface area (Å²) in [4.78, 5) is 4.23. The van der Waals surface area contributed by atoms with Crippen LogP contribution >= 0.6 is 11.3 Å². The van der Waals surface area contributed by atoms with Crippen molar-refractivity contribution in [3.8, 4) is 0 Å². The van der Waals surface area contributed by atoms with E-state index < -0.39 is 0 Å². The monoisotopic (exact) mass is 204 g/mol. The minimum atomic E-state index is -0.0469. The Morgan fingerprint density at radius 3 is 2.71 bits per heavy atom. The van der Waals surface area contributed by atoms with Crippen LogP contribution in [-0.2, 0) is 0 Å².